The summed E-state index contributed by atoms with van der Waals surface area (Å²) in [6.45, 7) is 0.294. The Morgan fingerprint density at radius 3 is 2.41 bits per heavy atom. The first-order valence-electron chi connectivity index (χ1n) is 8.19. The Morgan fingerprint density at radius 2 is 1.74 bits per heavy atom. The van der Waals surface area contributed by atoms with E-state index >= 15 is 0 Å². The Labute approximate surface area is 161 Å². The zero-order valence-electron chi connectivity index (χ0n) is 14.3. The Balaban J connectivity index is 1.43. The average molecular weight is 385 g/mol. The monoisotopic (exact) mass is 384 g/mol. The molecule has 0 aliphatic carbocycles. The molecule has 3 aromatic rings. The molecule has 2 N–H and O–H groups in total. The quantitative estimate of drug-likeness (QED) is 0.647. The standard InChI is InChI=1S/C20H17ClN2O4/c21-15-5-3-14(4-6-15)12-22-19(24)13-27-17-9-7-16(8-10-17)23-20(25)18-2-1-11-26-18/h1-11H,12-13H2,(H,22,24)(H,23,25). The van der Waals surface area contributed by atoms with Gasteiger partial charge in [0.2, 0.25) is 0 Å². The summed E-state index contributed by atoms with van der Waals surface area (Å²) in [5.74, 6) is 0.177. The number of anilines is 1. The van der Waals surface area contributed by atoms with Crippen molar-refractivity contribution in [3.63, 3.8) is 0 Å². The van der Waals surface area contributed by atoms with Gasteiger partial charge in [0.1, 0.15) is 5.75 Å². The maximum absolute atomic E-state index is 11.9. The molecule has 0 unspecified atom stereocenters. The third-order valence-corrected chi connectivity index (χ3v) is 3.88. The summed E-state index contributed by atoms with van der Waals surface area (Å²) >= 11 is 5.82. The van der Waals surface area contributed by atoms with Crippen molar-refractivity contribution in [1.82, 2.24) is 5.32 Å². The molecule has 7 heteroatoms. The molecule has 0 atom stereocenters. The van der Waals surface area contributed by atoms with E-state index in [0.29, 0.717) is 23.0 Å². The molecule has 0 spiro atoms. The van der Waals surface area contributed by atoms with Crippen LogP contribution in [0.2, 0.25) is 5.02 Å². The summed E-state index contributed by atoms with van der Waals surface area (Å²) < 4.78 is 10.5. The van der Waals surface area contributed by atoms with E-state index in [9.17, 15) is 9.59 Å². The molecule has 1 heterocycles. The number of hydrogen-bond donors (Lipinski definition) is 2. The smallest absolute Gasteiger partial charge is 0.291 e. The molecule has 0 aliphatic heterocycles. The number of rotatable bonds is 7. The number of carbonyl (C=O) groups excluding carboxylic acids is 2. The van der Waals surface area contributed by atoms with Crippen molar-refractivity contribution < 1.29 is 18.7 Å². The molecular formula is C20H17ClN2O4. The van der Waals surface area contributed by atoms with Gasteiger partial charge in [-0.1, -0.05) is 23.7 Å². The maximum atomic E-state index is 11.9. The third-order valence-electron chi connectivity index (χ3n) is 3.63. The minimum atomic E-state index is -0.338. The van der Waals surface area contributed by atoms with E-state index in [4.69, 9.17) is 20.8 Å². The van der Waals surface area contributed by atoms with Crippen molar-refractivity contribution in [2.45, 2.75) is 6.54 Å². The fraction of sp³-hybridized carbons (Fsp3) is 0.100. The van der Waals surface area contributed by atoms with E-state index < -0.39 is 0 Å². The number of carbonyl (C=O) groups is 2. The van der Waals surface area contributed by atoms with Gasteiger partial charge in [-0.3, -0.25) is 9.59 Å². The second-order valence-corrected chi connectivity index (χ2v) is 6.08. The normalized spacial score (nSPS) is 10.3. The molecule has 0 radical (unpaired) electrons. The van der Waals surface area contributed by atoms with Crippen molar-refractivity contribution in [1.29, 1.82) is 0 Å². The Morgan fingerprint density at radius 1 is 1.00 bits per heavy atom. The van der Waals surface area contributed by atoms with Gasteiger partial charge in [-0.15, -0.1) is 0 Å². The summed E-state index contributed by atoms with van der Waals surface area (Å²) in [4.78, 5) is 23.8. The molecular weight excluding hydrogens is 368 g/mol. The lowest BCUT2D eigenvalue weighted by Crippen LogP contribution is -2.28. The van der Waals surface area contributed by atoms with Crippen molar-refractivity contribution >= 4 is 29.1 Å². The van der Waals surface area contributed by atoms with Crippen molar-refractivity contribution in [2.75, 3.05) is 11.9 Å². The van der Waals surface area contributed by atoms with Gasteiger partial charge in [0, 0.05) is 17.3 Å². The second-order valence-electron chi connectivity index (χ2n) is 5.65. The van der Waals surface area contributed by atoms with Crippen LogP contribution in [0.3, 0.4) is 0 Å². The molecule has 0 aliphatic rings. The average Bonchev–Trinajstić information content (AvgIpc) is 3.22. The number of amides is 2. The topological polar surface area (TPSA) is 80.6 Å². The molecule has 3 rings (SSSR count). The summed E-state index contributed by atoms with van der Waals surface area (Å²) in [5.41, 5.74) is 1.54. The minimum absolute atomic E-state index is 0.105. The van der Waals surface area contributed by atoms with Crippen LogP contribution >= 0.6 is 11.6 Å². The van der Waals surface area contributed by atoms with Crippen molar-refractivity contribution in [3.8, 4) is 5.75 Å². The number of halogens is 1. The zero-order chi connectivity index (χ0) is 19.1. The largest absolute Gasteiger partial charge is 0.484 e. The summed E-state index contributed by atoms with van der Waals surface area (Å²) in [6, 6.07) is 17.2. The first-order chi connectivity index (χ1) is 13.1. The van der Waals surface area contributed by atoms with Gasteiger partial charge in [-0.05, 0) is 54.1 Å². The molecule has 138 valence electrons. The highest BCUT2D eigenvalue weighted by molar-refractivity contribution is 6.30. The number of furan rings is 1. The highest BCUT2D eigenvalue weighted by Gasteiger charge is 2.09. The fourth-order valence-electron chi connectivity index (χ4n) is 2.24. The molecule has 0 fully saturated rings. The number of benzene rings is 2. The zero-order valence-corrected chi connectivity index (χ0v) is 15.0. The maximum Gasteiger partial charge on any atom is 0.291 e. The third kappa shape index (κ3) is 5.62. The molecule has 1 aromatic heterocycles. The van der Waals surface area contributed by atoms with Crippen molar-refractivity contribution in [3.05, 3.63) is 83.3 Å². The lowest BCUT2D eigenvalue weighted by Gasteiger charge is -2.09. The van der Waals surface area contributed by atoms with Gasteiger partial charge < -0.3 is 19.8 Å². The molecule has 27 heavy (non-hydrogen) atoms. The van der Waals surface area contributed by atoms with Crippen molar-refractivity contribution in [2.24, 2.45) is 0 Å². The summed E-state index contributed by atoms with van der Waals surface area (Å²) in [7, 11) is 0. The minimum Gasteiger partial charge on any atom is -0.484 e. The van der Waals surface area contributed by atoms with Crippen LogP contribution in [-0.2, 0) is 11.3 Å². The van der Waals surface area contributed by atoms with E-state index in [0.717, 1.165) is 5.56 Å². The van der Waals surface area contributed by atoms with Crippen LogP contribution in [0.4, 0.5) is 5.69 Å². The Bertz CT molecular complexity index is 891. The van der Waals surface area contributed by atoms with Gasteiger partial charge in [0.05, 0.1) is 6.26 Å². The van der Waals surface area contributed by atoms with Gasteiger partial charge in [-0.25, -0.2) is 0 Å². The van der Waals surface area contributed by atoms with Crippen LogP contribution in [0.5, 0.6) is 5.75 Å². The molecule has 0 saturated heterocycles. The van der Waals surface area contributed by atoms with Crippen LogP contribution in [0.1, 0.15) is 16.1 Å². The fourth-order valence-corrected chi connectivity index (χ4v) is 2.36. The predicted molar refractivity (Wildman–Crippen MR) is 102 cm³/mol. The number of hydrogen-bond acceptors (Lipinski definition) is 4. The van der Waals surface area contributed by atoms with Crippen LogP contribution in [0.15, 0.2) is 71.3 Å². The molecule has 2 amide bonds. The van der Waals surface area contributed by atoms with Gasteiger partial charge in [0.15, 0.2) is 12.4 Å². The highest BCUT2D eigenvalue weighted by atomic mass is 35.5. The van der Waals surface area contributed by atoms with E-state index in [2.05, 4.69) is 10.6 Å². The van der Waals surface area contributed by atoms with Gasteiger partial charge in [-0.2, -0.15) is 0 Å². The molecule has 0 saturated carbocycles. The SMILES string of the molecule is O=C(COc1ccc(NC(=O)c2ccco2)cc1)NCc1ccc(Cl)cc1. The molecule has 0 bridgehead atoms. The van der Waals surface area contributed by atoms with E-state index in [1.165, 1.54) is 6.26 Å². The lowest BCUT2D eigenvalue weighted by molar-refractivity contribution is -0.123. The van der Waals surface area contributed by atoms with Crippen LogP contribution in [-0.4, -0.2) is 18.4 Å². The summed E-state index contributed by atoms with van der Waals surface area (Å²) in [6.07, 6.45) is 1.43. The first-order valence-corrected chi connectivity index (χ1v) is 8.57. The van der Waals surface area contributed by atoms with Crippen LogP contribution in [0.25, 0.3) is 0 Å². The van der Waals surface area contributed by atoms with E-state index in [-0.39, 0.29) is 24.2 Å². The van der Waals surface area contributed by atoms with Gasteiger partial charge >= 0.3 is 0 Å². The lowest BCUT2D eigenvalue weighted by atomic mass is 10.2. The highest BCUT2D eigenvalue weighted by Crippen LogP contribution is 2.16. The Kier molecular flexibility index (Phi) is 6.12. The molecule has 2 aromatic carbocycles. The summed E-state index contributed by atoms with van der Waals surface area (Å²) in [5, 5.41) is 6.12. The number of ether oxygens (including phenoxy) is 1. The second kappa shape index (κ2) is 8.91. The predicted octanol–water partition coefficient (Wildman–Crippen LogP) is 3.88. The number of nitrogens with one attached hydrogen (secondary N) is 2. The van der Waals surface area contributed by atoms with E-state index in [1.807, 2.05) is 12.1 Å². The van der Waals surface area contributed by atoms with Gasteiger partial charge in [0.25, 0.3) is 11.8 Å². The first kappa shape index (κ1) is 18.5. The van der Waals surface area contributed by atoms with Crippen LogP contribution < -0.4 is 15.4 Å². The molecule has 6 nitrogen and oxygen atoms in total. The van der Waals surface area contributed by atoms with E-state index in [1.54, 1.807) is 48.5 Å². The van der Waals surface area contributed by atoms with Crippen LogP contribution in [0, 0.1) is 0 Å². The Hall–Kier alpha value is -3.25.